The smallest absolute Gasteiger partial charge is 0.462 e. The number of rotatable bonds is 5. The molecule has 104 valence electrons. The standard InChI is InChI=1S/C12H22O5Si/c1-8(13)17-11-6-10-5-9(11)7-12(10)18(14-2,15-3)16-4/h9-12H,5-7H2,1-4H3. The van der Waals surface area contributed by atoms with Crippen molar-refractivity contribution in [1.29, 1.82) is 0 Å². The number of carbonyl (C=O) groups is 1. The number of esters is 1. The summed E-state index contributed by atoms with van der Waals surface area (Å²) in [5.74, 6) is 0.750. The first kappa shape index (κ1) is 14.0. The summed E-state index contributed by atoms with van der Waals surface area (Å²) in [5, 5.41) is 0. The summed E-state index contributed by atoms with van der Waals surface area (Å²) in [7, 11) is 2.44. The first-order valence-electron chi connectivity index (χ1n) is 6.39. The van der Waals surface area contributed by atoms with E-state index in [1.807, 2.05) is 0 Å². The number of hydrogen-bond donors (Lipinski definition) is 0. The Morgan fingerprint density at radius 1 is 1.00 bits per heavy atom. The minimum atomic E-state index is -2.55. The molecule has 0 heterocycles. The van der Waals surface area contributed by atoms with Crippen LogP contribution in [0, 0.1) is 11.8 Å². The molecule has 0 radical (unpaired) electrons. The van der Waals surface area contributed by atoms with Crippen molar-refractivity contribution in [2.45, 2.75) is 37.8 Å². The van der Waals surface area contributed by atoms with Gasteiger partial charge in [-0.05, 0) is 31.1 Å². The molecule has 5 nitrogen and oxygen atoms in total. The number of hydrogen-bond acceptors (Lipinski definition) is 5. The van der Waals surface area contributed by atoms with Crippen molar-refractivity contribution in [3.05, 3.63) is 0 Å². The van der Waals surface area contributed by atoms with E-state index in [0.717, 1.165) is 19.3 Å². The van der Waals surface area contributed by atoms with Crippen LogP contribution in [0.15, 0.2) is 0 Å². The molecule has 0 amide bonds. The first-order valence-corrected chi connectivity index (χ1v) is 8.19. The van der Waals surface area contributed by atoms with Crippen molar-refractivity contribution in [3.8, 4) is 0 Å². The zero-order valence-corrected chi connectivity index (χ0v) is 12.5. The molecule has 0 saturated heterocycles. The van der Waals surface area contributed by atoms with Crippen LogP contribution in [0.2, 0.25) is 5.54 Å². The van der Waals surface area contributed by atoms with Crippen molar-refractivity contribution in [3.63, 3.8) is 0 Å². The lowest BCUT2D eigenvalue weighted by Gasteiger charge is -2.36. The maximum Gasteiger partial charge on any atom is 0.503 e. The van der Waals surface area contributed by atoms with Gasteiger partial charge in [-0.25, -0.2) is 0 Å². The minimum absolute atomic E-state index is 0.0843. The van der Waals surface area contributed by atoms with Crippen molar-refractivity contribution in [2.24, 2.45) is 11.8 Å². The second kappa shape index (κ2) is 5.28. The molecular weight excluding hydrogens is 252 g/mol. The van der Waals surface area contributed by atoms with Crippen molar-refractivity contribution < 1.29 is 22.8 Å². The van der Waals surface area contributed by atoms with Crippen molar-refractivity contribution >= 4 is 14.8 Å². The highest BCUT2D eigenvalue weighted by Crippen LogP contribution is 2.56. The van der Waals surface area contributed by atoms with Gasteiger partial charge >= 0.3 is 14.8 Å². The fourth-order valence-electron chi connectivity index (χ4n) is 3.72. The number of carbonyl (C=O) groups excluding carboxylic acids is 1. The lowest BCUT2D eigenvalue weighted by molar-refractivity contribution is -0.148. The summed E-state index contributed by atoms with van der Waals surface area (Å²) in [6.45, 7) is 1.47. The van der Waals surface area contributed by atoms with Gasteiger partial charge in [0.15, 0.2) is 0 Å². The van der Waals surface area contributed by atoms with Gasteiger partial charge in [-0.2, -0.15) is 0 Å². The van der Waals surface area contributed by atoms with Gasteiger partial charge in [0.2, 0.25) is 0 Å². The van der Waals surface area contributed by atoms with E-state index in [4.69, 9.17) is 18.0 Å². The van der Waals surface area contributed by atoms with E-state index in [0.29, 0.717) is 17.4 Å². The van der Waals surface area contributed by atoms with Crippen LogP contribution in [0.1, 0.15) is 26.2 Å². The predicted octanol–water partition coefficient (Wildman–Crippen LogP) is 1.60. The Bertz CT molecular complexity index is 309. The van der Waals surface area contributed by atoms with E-state index in [1.54, 1.807) is 21.3 Å². The molecule has 2 fully saturated rings. The highest BCUT2D eigenvalue weighted by atomic mass is 28.4. The van der Waals surface area contributed by atoms with Crippen LogP contribution >= 0.6 is 0 Å². The summed E-state index contributed by atoms with van der Waals surface area (Å²) in [6, 6.07) is 0. The van der Waals surface area contributed by atoms with E-state index in [2.05, 4.69) is 0 Å². The zero-order chi connectivity index (χ0) is 13.3. The fraction of sp³-hybridized carbons (Fsp3) is 0.917. The average molecular weight is 274 g/mol. The van der Waals surface area contributed by atoms with Crippen LogP contribution < -0.4 is 0 Å². The lowest BCUT2D eigenvalue weighted by Crippen LogP contribution is -2.50. The molecule has 2 aliphatic rings. The maximum absolute atomic E-state index is 11.0. The quantitative estimate of drug-likeness (QED) is 0.563. The van der Waals surface area contributed by atoms with Gasteiger partial charge in [0.25, 0.3) is 0 Å². The van der Waals surface area contributed by atoms with Crippen LogP contribution in [-0.4, -0.2) is 42.2 Å². The second-order valence-corrected chi connectivity index (χ2v) is 8.37. The van der Waals surface area contributed by atoms with Crippen molar-refractivity contribution in [2.75, 3.05) is 21.3 Å². The largest absolute Gasteiger partial charge is 0.503 e. The average Bonchev–Trinajstić information content (AvgIpc) is 2.91. The maximum atomic E-state index is 11.0. The SMILES string of the molecule is CO[Si](OC)(OC)C1CC2CC1CC2OC(C)=O. The molecular formula is C12H22O5Si. The van der Waals surface area contributed by atoms with Gasteiger partial charge in [-0.15, -0.1) is 0 Å². The molecule has 6 heteroatoms. The molecule has 0 aromatic heterocycles. The van der Waals surface area contributed by atoms with Gasteiger partial charge in [0.1, 0.15) is 6.10 Å². The van der Waals surface area contributed by atoms with Crippen LogP contribution in [0.3, 0.4) is 0 Å². The van der Waals surface area contributed by atoms with Crippen LogP contribution in [0.25, 0.3) is 0 Å². The Morgan fingerprint density at radius 3 is 2.00 bits per heavy atom. The number of ether oxygens (including phenoxy) is 1. The van der Waals surface area contributed by atoms with Gasteiger partial charge in [-0.1, -0.05) is 0 Å². The van der Waals surface area contributed by atoms with Crippen molar-refractivity contribution in [1.82, 2.24) is 0 Å². The Morgan fingerprint density at radius 2 is 1.61 bits per heavy atom. The molecule has 2 bridgehead atoms. The Balaban J connectivity index is 2.04. The van der Waals surface area contributed by atoms with Gasteiger partial charge in [-0.3, -0.25) is 4.79 Å². The van der Waals surface area contributed by atoms with E-state index >= 15 is 0 Å². The van der Waals surface area contributed by atoms with Crippen LogP contribution in [0.4, 0.5) is 0 Å². The van der Waals surface area contributed by atoms with E-state index in [9.17, 15) is 4.79 Å². The summed E-state index contributed by atoms with van der Waals surface area (Å²) in [6.07, 6.45) is 3.07. The predicted molar refractivity (Wildman–Crippen MR) is 66.9 cm³/mol. The summed E-state index contributed by atoms with van der Waals surface area (Å²) in [4.78, 5) is 11.0. The minimum Gasteiger partial charge on any atom is -0.462 e. The molecule has 0 N–H and O–H groups in total. The lowest BCUT2D eigenvalue weighted by atomic mass is 9.97. The molecule has 18 heavy (non-hydrogen) atoms. The molecule has 0 aromatic rings. The Kier molecular flexibility index (Phi) is 4.10. The first-order chi connectivity index (χ1) is 8.56. The Hall–Kier alpha value is -0.433. The fourth-order valence-corrected chi connectivity index (χ4v) is 6.57. The highest BCUT2D eigenvalue weighted by Gasteiger charge is 2.59. The third-order valence-electron chi connectivity index (χ3n) is 4.42. The molecule has 2 rings (SSSR count). The summed E-state index contributed by atoms with van der Waals surface area (Å²) in [5.41, 5.74) is 0.342. The summed E-state index contributed by atoms with van der Waals surface area (Å²) >= 11 is 0. The van der Waals surface area contributed by atoms with Gasteiger partial charge in [0.05, 0.1) is 0 Å². The van der Waals surface area contributed by atoms with Crippen LogP contribution in [0.5, 0.6) is 0 Å². The highest BCUT2D eigenvalue weighted by molar-refractivity contribution is 6.62. The molecule has 0 aliphatic heterocycles. The van der Waals surface area contributed by atoms with Gasteiger partial charge < -0.3 is 18.0 Å². The molecule has 2 saturated carbocycles. The topological polar surface area (TPSA) is 54.0 Å². The van der Waals surface area contributed by atoms with Crippen LogP contribution in [-0.2, 0) is 22.8 Å². The molecule has 2 aliphatic carbocycles. The third kappa shape index (κ3) is 2.22. The Labute approximate surface area is 109 Å². The molecule has 0 aromatic carbocycles. The second-order valence-electron chi connectivity index (χ2n) is 5.20. The van der Waals surface area contributed by atoms with E-state index < -0.39 is 8.80 Å². The molecule has 0 spiro atoms. The van der Waals surface area contributed by atoms with Gasteiger partial charge in [0, 0.05) is 33.8 Å². The number of fused-ring (bicyclic) bond motifs is 2. The molecule has 4 atom stereocenters. The third-order valence-corrected chi connectivity index (χ3v) is 7.74. The monoisotopic (exact) mass is 274 g/mol. The zero-order valence-electron chi connectivity index (χ0n) is 11.5. The molecule has 4 unspecified atom stereocenters. The van der Waals surface area contributed by atoms with E-state index in [1.165, 1.54) is 6.92 Å². The summed E-state index contributed by atoms with van der Waals surface area (Å²) < 4.78 is 22.1. The normalized spacial score (nSPS) is 34.9. The van der Waals surface area contributed by atoms with E-state index in [-0.39, 0.29) is 12.1 Å².